The average Bonchev–Trinajstić information content (AvgIpc) is 2.46. The maximum absolute atomic E-state index is 12.9. The normalized spacial score (nSPS) is 11.3. The fourth-order valence-corrected chi connectivity index (χ4v) is 1.82. The number of rotatable bonds is 4. The van der Waals surface area contributed by atoms with E-state index < -0.39 is 11.9 Å². The van der Waals surface area contributed by atoms with Crippen LogP contribution in [0.5, 0.6) is 5.75 Å². The predicted molar refractivity (Wildman–Crippen MR) is 73.2 cm³/mol. The van der Waals surface area contributed by atoms with Crippen molar-refractivity contribution in [3.8, 4) is 17.0 Å². The van der Waals surface area contributed by atoms with E-state index in [9.17, 15) is 13.2 Å². The van der Waals surface area contributed by atoms with E-state index in [1.807, 2.05) is 0 Å². The van der Waals surface area contributed by atoms with Gasteiger partial charge in [0.1, 0.15) is 5.75 Å². The number of hydrogen-bond acceptors (Lipinski definition) is 4. The van der Waals surface area contributed by atoms with Gasteiger partial charge in [-0.2, -0.15) is 13.2 Å². The fraction of sp³-hybridized carbons (Fsp3) is 0.286. The third-order valence-electron chi connectivity index (χ3n) is 2.73. The molecule has 2 aromatic rings. The molecule has 7 heteroatoms. The highest BCUT2D eigenvalue weighted by Crippen LogP contribution is 2.34. The first-order valence-electron chi connectivity index (χ1n) is 6.29. The average molecular weight is 297 g/mol. The van der Waals surface area contributed by atoms with Crippen molar-refractivity contribution in [3.63, 3.8) is 0 Å². The van der Waals surface area contributed by atoms with Gasteiger partial charge in [0.15, 0.2) is 5.69 Å². The van der Waals surface area contributed by atoms with E-state index in [2.05, 4.69) is 15.3 Å². The van der Waals surface area contributed by atoms with Crippen molar-refractivity contribution in [2.75, 3.05) is 19.0 Å². The molecule has 0 spiro atoms. The Hall–Kier alpha value is -2.31. The maximum Gasteiger partial charge on any atom is 0.433 e. The molecule has 0 atom stereocenters. The molecule has 0 unspecified atom stereocenters. The van der Waals surface area contributed by atoms with Crippen LogP contribution < -0.4 is 10.1 Å². The second-order valence-corrected chi connectivity index (χ2v) is 4.19. The van der Waals surface area contributed by atoms with E-state index in [1.165, 1.54) is 7.11 Å². The van der Waals surface area contributed by atoms with Crippen LogP contribution in [-0.2, 0) is 6.18 Å². The Balaban J connectivity index is 2.59. The molecular formula is C14H14F3N3O. The summed E-state index contributed by atoms with van der Waals surface area (Å²) in [6.45, 7) is 2.18. The summed E-state index contributed by atoms with van der Waals surface area (Å²) < 4.78 is 44.0. The quantitative estimate of drug-likeness (QED) is 0.936. The van der Waals surface area contributed by atoms with E-state index >= 15 is 0 Å². The monoisotopic (exact) mass is 297 g/mol. The molecule has 0 aliphatic carbocycles. The molecule has 0 aliphatic rings. The van der Waals surface area contributed by atoms with Crippen LogP contribution in [0.2, 0.25) is 0 Å². The van der Waals surface area contributed by atoms with Crippen LogP contribution in [0, 0.1) is 0 Å². The molecule has 0 bridgehead atoms. The molecule has 1 heterocycles. The number of benzene rings is 1. The molecule has 2 rings (SSSR count). The highest BCUT2D eigenvalue weighted by Gasteiger charge is 2.34. The van der Waals surface area contributed by atoms with E-state index in [-0.39, 0.29) is 11.6 Å². The number of para-hydroxylation sites is 1. The molecule has 1 N–H and O–H groups in total. The lowest BCUT2D eigenvalue weighted by molar-refractivity contribution is -0.141. The minimum atomic E-state index is -4.54. The molecule has 0 fully saturated rings. The molecule has 0 radical (unpaired) electrons. The van der Waals surface area contributed by atoms with E-state index in [0.717, 1.165) is 6.07 Å². The summed E-state index contributed by atoms with van der Waals surface area (Å²) in [6.07, 6.45) is -4.54. The molecule has 21 heavy (non-hydrogen) atoms. The number of alkyl halides is 3. The number of aromatic nitrogens is 2. The van der Waals surface area contributed by atoms with Crippen molar-refractivity contribution < 1.29 is 17.9 Å². The van der Waals surface area contributed by atoms with Crippen molar-refractivity contribution in [2.24, 2.45) is 0 Å². The SMILES string of the molecule is CCNc1nc(-c2ccccc2OC)cc(C(F)(F)F)n1. The van der Waals surface area contributed by atoms with Crippen LogP contribution in [0.25, 0.3) is 11.3 Å². The van der Waals surface area contributed by atoms with Crippen LogP contribution >= 0.6 is 0 Å². The number of hydrogen-bond donors (Lipinski definition) is 1. The maximum atomic E-state index is 12.9. The van der Waals surface area contributed by atoms with Crippen molar-refractivity contribution >= 4 is 5.95 Å². The van der Waals surface area contributed by atoms with Gasteiger partial charge in [0, 0.05) is 12.1 Å². The summed E-state index contributed by atoms with van der Waals surface area (Å²) in [4.78, 5) is 7.60. The molecule has 112 valence electrons. The third kappa shape index (κ3) is 3.42. The van der Waals surface area contributed by atoms with Crippen molar-refractivity contribution in [1.82, 2.24) is 9.97 Å². The zero-order chi connectivity index (χ0) is 15.5. The molecule has 4 nitrogen and oxygen atoms in total. The van der Waals surface area contributed by atoms with Crippen molar-refractivity contribution in [1.29, 1.82) is 0 Å². The van der Waals surface area contributed by atoms with Gasteiger partial charge in [0.05, 0.1) is 12.8 Å². The lowest BCUT2D eigenvalue weighted by Crippen LogP contribution is -2.12. The van der Waals surface area contributed by atoms with Crippen molar-refractivity contribution in [2.45, 2.75) is 13.1 Å². The largest absolute Gasteiger partial charge is 0.496 e. The van der Waals surface area contributed by atoms with Crippen LogP contribution in [-0.4, -0.2) is 23.6 Å². The lowest BCUT2D eigenvalue weighted by atomic mass is 10.1. The Kier molecular flexibility index (Phi) is 4.30. The predicted octanol–water partition coefficient (Wildman–Crippen LogP) is 3.60. The number of anilines is 1. The summed E-state index contributed by atoms with van der Waals surface area (Å²) >= 11 is 0. The zero-order valence-electron chi connectivity index (χ0n) is 11.5. The van der Waals surface area contributed by atoms with Gasteiger partial charge in [-0.3, -0.25) is 0 Å². The minimum absolute atomic E-state index is 0.0618. The van der Waals surface area contributed by atoms with Crippen LogP contribution in [0.1, 0.15) is 12.6 Å². The number of halogens is 3. The van der Waals surface area contributed by atoms with Gasteiger partial charge in [-0.05, 0) is 25.1 Å². The topological polar surface area (TPSA) is 47.0 Å². The highest BCUT2D eigenvalue weighted by atomic mass is 19.4. The Morgan fingerprint density at radius 3 is 2.52 bits per heavy atom. The number of methoxy groups -OCH3 is 1. The molecule has 0 saturated carbocycles. The molecular weight excluding hydrogens is 283 g/mol. The lowest BCUT2D eigenvalue weighted by Gasteiger charge is -2.12. The number of nitrogens with zero attached hydrogens (tertiary/aromatic N) is 2. The molecule has 0 saturated heterocycles. The highest BCUT2D eigenvalue weighted by molar-refractivity contribution is 5.68. The van der Waals surface area contributed by atoms with Crippen LogP contribution in [0.4, 0.5) is 19.1 Å². The second-order valence-electron chi connectivity index (χ2n) is 4.19. The van der Waals surface area contributed by atoms with E-state index in [1.54, 1.807) is 31.2 Å². The van der Waals surface area contributed by atoms with E-state index in [4.69, 9.17) is 4.74 Å². The van der Waals surface area contributed by atoms with Gasteiger partial charge >= 0.3 is 6.18 Å². The standard InChI is InChI=1S/C14H14F3N3O/c1-3-18-13-19-10(8-12(20-13)14(15,16)17)9-6-4-5-7-11(9)21-2/h4-8H,3H2,1-2H3,(H,18,19,20). The Labute approximate surface area is 120 Å². The summed E-state index contributed by atoms with van der Waals surface area (Å²) in [6, 6.07) is 7.67. The van der Waals surface area contributed by atoms with Gasteiger partial charge in [-0.25, -0.2) is 9.97 Å². The molecule has 0 amide bonds. The van der Waals surface area contributed by atoms with Crippen LogP contribution in [0.15, 0.2) is 30.3 Å². The Bertz CT molecular complexity index is 629. The van der Waals surface area contributed by atoms with Gasteiger partial charge in [-0.15, -0.1) is 0 Å². The second kappa shape index (κ2) is 5.99. The fourth-order valence-electron chi connectivity index (χ4n) is 1.82. The smallest absolute Gasteiger partial charge is 0.433 e. The van der Waals surface area contributed by atoms with Crippen molar-refractivity contribution in [3.05, 3.63) is 36.0 Å². The first-order chi connectivity index (χ1) is 9.95. The molecule has 0 aliphatic heterocycles. The number of nitrogens with one attached hydrogen (secondary N) is 1. The van der Waals surface area contributed by atoms with Gasteiger partial charge in [0.2, 0.25) is 5.95 Å². The molecule has 1 aromatic carbocycles. The first kappa shape index (κ1) is 15.1. The van der Waals surface area contributed by atoms with Gasteiger partial charge in [0.25, 0.3) is 0 Å². The summed E-state index contributed by atoms with van der Waals surface area (Å²) in [5.41, 5.74) is -0.355. The third-order valence-corrected chi connectivity index (χ3v) is 2.73. The van der Waals surface area contributed by atoms with E-state index in [0.29, 0.717) is 17.9 Å². The van der Waals surface area contributed by atoms with Crippen LogP contribution in [0.3, 0.4) is 0 Å². The summed E-state index contributed by atoms with van der Waals surface area (Å²) in [5, 5.41) is 2.70. The summed E-state index contributed by atoms with van der Waals surface area (Å²) in [5.74, 6) is 0.389. The Morgan fingerprint density at radius 1 is 1.19 bits per heavy atom. The summed E-state index contributed by atoms with van der Waals surface area (Å²) in [7, 11) is 1.45. The molecule has 1 aromatic heterocycles. The van der Waals surface area contributed by atoms with Gasteiger partial charge < -0.3 is 10.1 Å². The zero-order valence-corrected chi connectivity index (χ0v) is 11.5. The minimum Gasteiger partial charge on any atom is -0.496 e. The number of ether oxygens (including phenoxy) is 1. The Morgan fingerprint density at radius 2 is 1.90 bits per heavy atom. The van der Waals surface area contributed by atoms with Gasteiger partial charge in [-0.1, -0.05) is 12.1 Å². The first-order valence-corrected chi connectivity index (χ1v) is 6.29.